The standard InChI is InChI=1S/C20H19N5O2/c1-13(2)18-11-19(24-27-18)23-20(26)22-14-7-9-15(10-8-14)25-12-21-16-5-3-4-6-17(16)25/h3-13H,1-2H3,(H2,22,23,24,26). The quantitative estimate of drug-likeness (QED) is 0.548. The number of benzene rings is 2. The molecule has 0 aliphatic rings. The molecule has 0 unspecified atom stereocenters. The first-order valence-electron chi connectivity index (χ1n) is 8.67. The van der Waals surface area contributed by atoms with Gasteiger partial charge in [0, 0.05) is 23.4 Å². The van der Waals surface area contributed by atoms with Crippen LogP contribution < -0.4 is 10.6 Å². The van der Waals surface area contributed by atoms with Crippen LogP contribution in [0.2, 0.25) is 0 Å². The Bertz CT molecular complexity index is 1080. The van der Waals surface area contributed by atoms with E-state index in [0.29, 0.717) is 11.5 Å². The lowest BCUT2D eigenvalue weighted by molar-refractivity contribution is 0.262. The number of amides is 2. The lowest BCUT2D eigenvalue weighted by Gasteiger charge is -2.08. The van der Waals surface area contributed by atoms with E-state index >= 15 is 0 Å². The lowest BCUT2D eigenvalue weighted by Crippen LogP contribution is -2.19. The molecule has 2 heterocycles. The highest BCUT2D eigenvalue weighted by molar-refractivity contribution is 5.99. The highest BCUT2D eigenvalue weighted by Gasteiger charge is 2.11. The van der Waals surface area contributed by atoms with E-state index in [9.17, 15) is 4.79 Å². The molecule has 0 saturated heterocycles. The van der Waals surface area contributed by atoms with Gasteiger partial charge in [-0.2, -0.15) is 0 Å². The van der Waals surface area contributed by atoms with Crippen LogP contribution in [0, 0.1) is 0 Å². The molecule has 0 saturated carbocycles. The second kappa shape index (κ2) is 6.95. The summed E-state index contributed by atoms with van der Waals surface area (Å²) < 4.78 is 7.17. The summed E-state index contributed by atoms with van der Waals surface area (Å²) in [5, 5.41) is 9.28. The largest absolute Gasteiger partial charge is 0.359 e. The predicted molar refractivity (Wildman–Crippen MR) is 104 cm³/mol. The molecule has 7 heteroatoms. The van der Waals surface area contributed by atoms with Gasteiger partial charge < -0.3 is 9.84 Å². The molecular formula is C20H19N5O2. The van der Waals surface area contributed by atoms with Gasteiger partial charge in [0.15, 0.2) is 5.82 Å². The van der Waals surface area contributed by atoms with Crippen LogP contribution >= 0.6 is 0 Å². The van der Waals surface area contributed by atoms with E-state index in [1.54, 1.807) is 12.4 Å². The van der Waals surface area contributed by atoms with Gasteiger partial charge in [-0.1, -0.05) is 31.1 Å². The third-order valence-corrected chi connectivity index (χ3v) is 4.20. The third-order valence-electron chi connectivity index (χ3n) is 4.20. The number of rotatable bonds is 4. The zero-order valence-corrected chi connectivity index (χ0v) is 15.0. The number of imidazole rings is 1. The Morgan fingerprint density at radius 1 is 1.07 bits per heavy atom. The van der Waals surface area contributed by atoms with Gasteiger partial charge in [0.25, 0.3) is 0 Å². The van der Waals surface area contributed by atoms with Crippen molar-refractivity contribution < 1.29 is 9.32 Å². The van der Waals surface area contributed by atoms with Gasteiger partial charge in [-0.25, -0.2) is 9.78 Å². The molecule has 0 atom stereocenters. The maximum Gasteiger partial charge on any atom is 0.324 e. The van der Waals surface area contributed by atoms with Crippen LogP contribution in [0.1, 0.15) is 25.5 Å². The Hall–Kier alpha value is -3.61. The first kappa shape index (κ1) is 16.8. The second-order valence-electron chi connectivity index (χ2n) is 6.50. The van der Waals surface area contributed by atoms with Crippen molar-refractivity contribution in [1.82, 2.24) is 14.7 Å². The number of nitrogens with zero attached hydrogens (tertiary/aromatic N) is 3. The van der Waals surface area contributed by atoms with Crippen molar-refractivity contribution in [2.75, 3.05) is 10.6 Å². The molecule has 0 bridgehead atoms. The van der Waals surface area contributed by atoms with Crippen LogP contribution in [-0.4, -0.2) is 20.7 Å². The molecule has 136 valence electrons. The van der Waals surface area contributed by atoms with E-state index in [-0.39, 0.29) is 11.9 Å². The summed E-state index contributed by atoms with van der Waals surface area (Å²) in [6.45, 7) is 3.99. The Morgan fingerprint density at radius 3 is 2.59 bits per heavy atom. The fraction of sp³-hybridized carbons (Fsp3) is 0.150. The van der Waals surface area contributed by atoms with Crippen molar-refractivity contribution in [3.05, 3.63) is 66.7 Å². The van der Waals surface area contributed by atoms with Crippen molar-refractivity contribution in [3.63, 3.8) is 0 Å². The number of anilines is 2. The molecule has 7 nitrogen and oxygen atoms in total. The number of para-hydroxylation sites is 2. The lowest BCUT2D eigenvalue weighted by atomic mass is 10.2. The van der Waals surface area contributed by atoms with Crippen LogP contribution in [-0.2, 0) is 0 Å². The number of urea groups is 1. The van der Waals surface area contributed by atoms with E-state index in [1.807, 2.05) is 66.9 Å². The zero-order chi connectivity index (χ0) is 18.8. The van der Waals surface area contributed by atoms with E-state index in [0.717, 1.165) is 22.5 Å². The van der Waals surface area contributed by atoms with Crippen molar-refractivity contribution >= 4 is 28.6 Å². The summed E-state index contributed by atoms with van der Waals surface area (Å²) in [6.07, 6.45) is 1.79. The highest BCUT2D eigenvalue weighted by Crippen LogP contribution is 2.20. The first-order valence-corrected chi connectivity index (χ1v) is 8.67. The summed E-state index contributed by atoms with van der Waals surface area (Å²) >= 11 is 0. The molecule has 0 aliphatic carbocycles. The second-order valence-corrected chi connectivity index (χ2v) is 6.50. The highest BCUT2D eigenvalue weighted by atomic mass is 16.5. The SMILES string of the molecule is CC(C)c1cc(NC(=O)Nc2ccc(-n3cnc4ccccc43)cc2)no1. The van der Waals surface area contributed by atoms with Gasteiger partial charge in [-0.05, 0) is 36.4 Å². The Morgan fingerprint density at radius 2 is 1.85 bits per heavy atom. The average molecular weight is 361 g/mol. The summed E-state index contributed by atoms with van der Waals surface area (Å²) in [5.41, 5.74) is 3.61. The fourth-order valence-corrected chi connectivity index (χ4v) is 2.77. The Kier molecular flexibility index (Phi) is 4.33. The first-order chi connectivity index (χ1) is 13.1. The minimum atomic E-state index is -0.376. The summed E-state index contributed by atoms with van der Waals surface area (Å²) in [5.74, 6) is 1.32. The molecule has 2 aromatic heterocycles. The molecule has 4 aromatic rings. The number of hydrogen-bond acceptors (Lipinski definition) is 4. The number of fused-ring (bicyclic) bond motifs is 1. The Labute approximate surface area is 156 Å². The molecule has 2 N–H and O–H groups in total. The normalized spacial score (nSPS) is 11.1. The van der Waals surface area contributed by atoms with Crippen molar-refractivity contribution in [3.8, 4) is 5.69 Å². The number of nitrogens with one attached hydrogen (secondary N) is 2. The molecule has 0 fully saturated rings. The van der Waals surface area contributed by atoms with Gasteiger partial charge in [0.05, 0.1) is 11.0 Å². The van der Waals surface area contributed by atoms with E-state index in [2.05, 4.69) is 20.8 Å². The predicted octanol–water partition coefficient (Wildman–Crippen LogP) is 4.78. The molecule has 2 aromatic carbocycles. The molecule has 2 amide bonds. The van der Waals surface area contributed by atoms with Gasteiger partial charge in [-0.15, -0.1) is 0 Å². The van der Waals surface area contributed by atoms with Gasteiger partial charge in [0.2, 0.25) is 0 Å². The summed E-state index contributed by atoms with van der Waals surface area (Å²) in [6, 6.07) is 16.8. The smallest absolute Gasteiger partial charge is 0.324 e. The Balaban J connectivity index is 1.45. The van der Waals surface area contributed by atoms with Crippen molar-refractivity contribution in [2.24, 2.45) is 0 Å². The average Bonchev–Trinajstić information content (AvgIpc) is 3.29. The number of hydrogen-bond donors (Lipinski definition) is 2. The van der Waals surface area contributed by atoms with Crippen molar-refractivity contribution in [2.45, 2.75) is 19.8 Å². The maximum absolute atomic E-state index is 12.1. The minimum Gasteiger partial charge on any atom is -0.359 e. The number of carbonyl (C=O) groups is 1. The van der Waals surface area contributed by atoms with Gasteiger partial charge >= 0.3 is 6.03 Å². The van der Waals surface area contributed by atoms with Crippen LogP contribution in [0.4, 0.5) is 16.3 Å². The summed E-state index contributed by atoms with van der Waals surface area (Å²) in [7, 11) is 0. The zero-order valence-electron chi connectivity index (χ0n) is 15.0. The monoisotopic (exact) mass is 361 g/mol. The molecule has 27 heavy (non-hydrogen) atoms. The van der Waals surface area contributed by atoms with Crippen LogP contribution in [0.3, 0.4) is 0 Å². The van der Waals surface area contributed by atoms with Gasteiger partial charge in [-0.3, -0.25) is 9.88 Å². The third kappa shape index (κ3) is 3.52. The number of aromatic nitrogens is 3. The molecule has 0 spiro atoms. The molecular weight excluding hydrogens is 342 g/mol. The van der Waals surface area contributed by atoms with E-state index in [1.165, 1.54) is 0 Å². The van der Waals surface area contributed by atoms with Crippen LogP contribution in [0.25, 0.3) is 16.7 Å². The van der Waals surface area contributed by atoms with Gasteiger partial charge in [0.1, 0.15) is 12.1 Å². The maximum atomic E-state index is 12.1. The van der Waals surface area contributed by atoms with Crippen LogP contribution in [0.5, 0.6) is 0 Å². The fourth-order valence-electron chi connectivity index (χ4n) is 2.77. The molecule has 4 rings (SSSR count). The topological polar surface area (TPSA) is 85.0 Å². The van der Waals surface area contributed by atoms with E-state index < -0.39 is 0 Å². The number of carbonyl (C=O) groups excluding carboxylic acids is 1. The van der Waals surface area contributed by atoms with E-state index in [4.69, 9.17) is 4.52 Å². The van der Waals surface area contributed by atoms with Crippen molar-refractivity contribution in [1.29, 1.82) is 0 Å². The minimum absolute atomic E-state index is 0.211. The molecule has 0 aliphatic heterocycles. The summed E-state index contributed by atoms with van der Waals surface area (Å²) in [4.78, 5) is 16.5. The molecule has 0 radical (unpaired) electrons. The van der Waals surface area contributed by atoms with Crippen LogP contribution in [0.15, 0.2) is 65.4 Å².